The lowest BCUT2D eigenvalue weighted by Crippen LogP contribution is -2.24. The molecule has 18 heavy (non-hydrogen) atoms. The van der Waals surface area contributed by atoms with Crippen LogP contribution in [0.5, 0.6) is 0 Å². The Morgan fingerprint density at radius 2 is 2.39 bits per heavy atom. The smallest absolute Gasteiger partial charge is 0.274 e. The van der Waals surface area contributed by atoms with Crippen molar-refractivity contribution in [3.8, 4) is 0 Å². The van der Waals surface area contributed by atoms with E-state index in [1.165, 1.54) is 0 Å². The molecule has 0 aliphatic carbocycles. The molecule has 0 saturated heterocycles. The summed E-state index contributed by atoms with van der Waals surface area (Å²) in [4.78, 5) is 11.8. The fraction of sp³-hybridized carbons (Fsp3) is 0.364. The highest BCUT2D eigenvalue weighted by Gasteiger charge is 2.14. The number of nitrogens with one attached hydrogen (secondary N) is 1. The zero-order valence-corrected chi connectivity index (χ0v) is 10.3. The second-order valence-electron chi connectivity index (χ2n) is 3.91. The van der Waals surface area contributed by atoms with Gasteiger partial charge in [0.1, 0.15) is 0 Å². The quantitative estimate of drug-likeness (QED) is 0.831. The van der Waals surface area contributed by atoms with Crippen LogP contribution in [0.4, 0.5) is 5.69 Å². The van der Waals surface area contributed by atoms with Crippen LogP contribution in [0, 0.1) is 6.92 Å². The Kier molecular flexibility index (Phi) is 3.31. The number of carbonyl (C=O) groups is 1. The highest BCUT2D eigenvalue weighted by atomic mass is 16.5. The van der Waals surface area contributed by atoms with Gasteiger partial charge in [0, 0.05) is 18.8 Å². The van der Waals surface area contributed by atoms with Gasteiger partial charge in [-0.2, -0.15) is 5.10 Å². The van der Waals surface area contributed by atoms with Gasteiger partial charge in [0.15, 0.2) is 11.5 Å². The number of nitrogens with two attached hydrogens (primary N) is 1. The van der Waals surface area contributed by atoms with Crippen molar-refractivity contribution >= 4 is 11.6 Å². The molecule has 2 rings (SSSR count). The number of nitrogen functional groups attached to an aromatic ring is 1. The van der Waals surface area contributed by atoms with Gasteiger partial charge in [0.05, 0.1) is 17.9 Å². The third-order valence-corrected chi connectivity index (χ3v) is 2.43. The summed E-state index contributed by atoms with van der Waals surface area (Å²) in [6, 6.07) is 1.76. The average molecular weight is 249 g/mol. The molecule has 7 nitrogen and oxygen atoms in total. The Morgan fingerprint density at radius 1 is 1.61 bits per heavy atom. The van der Waals surface area contributed by atoms with Crippen molar-refractivity contribution in [3.05, 3.63) is 29.4 Å². The highest BCUT2D eigenvalue weighted by molar-refractivity contribution is 5.96. The molecule has 0 fully saturated rings. The zero-order valence-electron chi connectivity index (χ0n) is 10.3. The summed E-state index contributed by atoms with van der Waals surface area (Å²) in [6.07, 6.45) is 1.63. The number of carbonyl (C=O) groups excluding carboxylic acids is 1. The first-order valence-corrected chi connectivity index (χ1v) is 5.63. The van der Waals surface area contributed by atoms with Crippen molar-refractivity contribution in [3.63, 3.8) is 0 Å². The molecule has 3 N–H and O–H groups in total. The lowest BCUT2D eigenvalue weighted by atomic mass is 10.3. The summed E-state index contributed by atoms with van der Waals surface area (Å²) in [5, 5.41) is 10.5. The standard InChI is InChI=1S/C11H15N5O2/c1-3-16-6-9(12)10(14-16)11(17)13-5-8-4-7(2)15-18-8/h4,6H,3,5,12H2,1-2H3,(H,13,17). The molecule has 0 unspecified atom stereocenters. The third-order valence-electron chi connectivity index (χ3n) is 2.43. The van der Waals surface area contributed by atoms with Gasteiger partial charge in [-0.25, -0.2) is 0 Å². The van der Waals surface area contributed by atoms with Crippen LogP contribution in [0.3, 0.4) is 0 Å². The molecular formula is C11H15N5O2. The first-order valence-electron chi connectivity index (χ1n) is 5.63. The van der Waals surface area contributed by atoms with Gasteiger partial charge >= 0.3 is 0 Å². The Bertz CT molecular complexity index is 558. The van der Waals surface area contributed by atoms with Gasteiger partial charge in [0.25, 0.3) is 5.91 Å². The molecule has 7 heteroatoms. The van der Waals surface area contributed by atoms with Crippen LogP contribution in [-0.2, 0) is 13.1 Å². The number of rotatable bonds is 4. The van der Waals surface area contributed by atoms with E-state index >= 15 is 0 Å². The molecule has 0 bridgehead atoms. The maximum absolute atomic E-state index is 11.8. The largest absolute Gasteiger partial charge is 0.396 e. The van der Waals surface area contributed by atoms with Gasteiger partial charge in [-0.3, -0.25) is 9.48 Å². The Hall–Kier alpha value is -2.31. The van der Waals surface area contributed by atoms with E-state index in [2.05, 4.69) is 15.6 Å². The van der Waals surface area contributed by atoms with Crippen molar-refractivity contribution in [2.45, 2.75) is 26.9 Å². The summed E-state index contributed by atoms with van der Waals surface area (Å²) in [5.74, 6) is 0.267. The molecule has 2 aromatic heterocycles. The maximum atomic E-state index is 11.8. The number of hydrogen-bond acceptors (Lipinski definition) is 5. The molecule has 0 saturated carbocycles. The van der Waals surface area contributed by atoms with Gasteiger partial charge in [-0.1, -0.05) is 5.16 Å². The van der Waals surface area contributed by atoms with Gasteiger partial charge in [-0.05, 0) is 13.8 Å². The number of nitrogens with zero attached hydrogens (tertiary/aromatic N) is 3. The van der Waals surface area contributed by atoms with Crippen LogP contribution in [0.15, 0.2) is 16.8 Å². The minimum Gasteiger partial charge on any atom is -0.396 e. The number of amides is 1. The van der Waals surface area contributed by atoms with Crippen molar-refractivity contribution in [1.82, 2.24) is 20.3 Å². The monoisotopic (exact) mass is 249 g/mol. The van der Waals surface area contributed by atoms with E-state index in [0.29, 0.717) is 18.0 Å². The normalized spacial score (nSPS) is 10.6. The van der Waals surface area contributed by atoms with Crippen LogP contribution >= 0.6 is 0 Å². The molecule has 1 amide bonds. The minimum atomic E-state index is -0.325. The molecule has 96 valence electrons. The molecule has 2 heterocycles. The number of aromatic nitrogens is 3. The van der Waals surface area contributed by atoms with Crippen LogP contribution in [0.25, 0.3) is 0 Å². The first kappa shape index (κ1) is 12.2. The van der Waals surface area contributed by atoms with Gasteiger partial charge in [-0.15, -0.1) is 0 Å². The van der Waals surface area contributed by atoms with Crippen LogP contribution < -0.4 is 11.1 Å². The van der Waals surface area contributed by atoms with E-state index in [4.69, 9.17) is 10.3 Å². The molecule has 0 radical (unpaired) electrons. The SMILES string of the molecule is CCn1cc(N)c(C(=O)NCc2cc(C)no2)n1. The molecule has 0 spiro atoms. The minimum absolute atomic E-state index is 0.230. The lowest BCUT2D eigenvalue weighted by Gasteiger charge is -2.00. The van der Waals surface area contributed by atoms with Crippen molar-refractivity contribution in [2.24, 2.45) is 0 Å². The fourth-order valence-electron chi connectivity index (χ4n) is 1.53. The highest BCUT2D eigenvalue weighted by Crippen LogP contribution is 2.09. The van der Waals surface area contributed by atoms with Crippen molar-refractivity contribution in [2.75, 3.05) is 5.73 Å². The molecule has 0 aliphatic heterocycles. The second-order valence-corrected chi connectivity index (χ2v) is 3.91. The molecule has 0 aromatic carbocycles. The molecular weight excluding hydrogens is 234 g/mol. The van der Waals surface area contributed by atoms with Crippen molar-refractivity contribution in [1.29, 1.82) is 0 Å². The van der Waals surface area contributed by atoms with E-state index in [9.17, 15) is 4.79 Å². The Morgan fingerprint density at radius 3 is 2.94 bits per heavy atom. The van der Waals surface area contributed by atoms with E-state index in [0.717, 1.165) is 5.69 Å². The zero-order chi connectivity index (χ0) is 13.1. The average Bonchev–Trinajstić information content (AvgIpc) is 2.92. The van der Waals surface area contributed by atoms with Gasteiger partial charge < -0.3 is 15.6 Å². The summed E-state index contributed by atoms with van der Waals surface area (Å²) >= 11 is 0. The third kappa shape index (κ3) is 2.50. The Labute approximate surface area is 104 Å². The molecule has 0 atom stereocenters. The molecule has 2 aromatic rings. The number of aryl methyl sites for hydroxylation is 2. The van der Waals surface area contributed by atoms with Crippen molar-refractivity contribution < 1.29 is 9.32 Å². The van der Waals surface area contributed by atoms with Gasteiger partial charge in [0.2, 0.25) is 0 Å². The topological polar surface area (TPSA) is 99.0 Å². The second kappa shape index (κ2) is 4.91. The van der Waals surface area contributed by atoms with Crippen LogP contribution in [0.1, 0.15) is 28.9 Å². The fourth-order valence-corrected chi connectivity index (χ4v) is 1.53. The van der Waals surface area contributed by atoms with E-state index in [1.807, 2.05) is 13.8 Å². The van der Waals surface area contributed by atoms with E-state index in [1.54, 1.807) is 16.9 Å². The van der Waals surface area contributed by atoms with E-state index < -0.39 is 0 Å². The summed E-state index contributed by atoms with van der Waals surface area (Å²) in [5.41, 5.74) is 7.08. The van der Waals surface area contributed by atoms with Crippen LogP contribution in [-0.4, -0.2) is 20.8 Å². The Balaban J connectivity index is 2.01. The first-order chi connectivity index (χ1) is 8.60. The molecule has 0 aliphatic rings. The summed E-state index contributed by atoms with van der Waals surface area (Å²) in [6.45, 7) is 4.66. The number of hydrogen-bond donors (Lipinski definition) is 2. The van der Waals surface area contributed by atoms with Crippen LogP contribution in [0.2, 0.25) is 0 Å². The number of anilines is 1. The predicted molar refractivity (Wildman–Crippen MR) is 64.7 cm³/mol. The maximum Gasteiger partial charge on any atom is 0.274 e. The summed E-state index contributed by atoms with van der Waals surface area (Å²) < 4.78 is 6.60. The predicted octanol–water partition coefficient (Wildman–Crippen LogP) is 0.712. The summed E-state index contributed by atoms with van der Waals surface area (Å²) in [7, 11) is 0. The van der Waals surface area contributed by atoms with E-state index in [-0.39, 0.29) is 18.1 Å². The lowest BCUT2D eigenvalue weighted by molar-refractivity contribution is 0.0942.